The molecule has 1 aliphatic rings. The summed E-state index contributed by atoms with van der Waals surface area (Å²) in [6.45, 7) is 0. The molecule has 14 heavy (non-hydrogen) atoms. The first-order valence-corrected chi connectivity index (χ1v) is 7.01. The molecule has 0 atom stereocenters. The third-order valence-electron chi connectivity index (χ3n) is 1.20. The van der Waals surface area contributed by atoms with Gasteiger partial charge in [0.1, 0.15) is 0 Å². The van der Waals surface area contributed by atoms with Crippen LogP contribution in [0.1, 0.15) is 0 Å². The number of halogens is 8. The third kappa shape index (κ3) is 2.02. The molecule has 0 amide bonds. The Morgan fingerprint density at radius 2 is 0.929 bits per heavy atom. The Hall–Kier alpha value is 1.20. The molecule has 0 aromatic heterocycles. The number of alkyl halides is 8. The molecule has 0 radical (unpaired) electrons. The number of rotatable bonds is 0. The second-order valence-corrected chi connectivity index (χ2v) is 14.1. The summed E-state index contributed by atoms with van der Waals surface area (Å²) < 4.78 is 67.1. The van der Waals surface area contributed by atoms with Crippen molar-refractivity contribution in [2.45, 2.75) is 17.7 Å². The Morgan fingerprint density at radius 3 is 1.07 bits per heavy atom. The minimum absolute atomic E-state index is 1.92. The fourth-order valence-corrected chi connectivity index (χ4v) is 12.5. The van der Waals surface area contributed by atoms with Crippen LogP contribution >= 0.6 is 23.2 Å². The van der Waals surface area contributed by atoms with E-state index in [1.165, 1.54) is 0 Å². The van der Waals surface area contributed by atoms with Crippen LogP contribution in [0.2, 0.25) is 0 Å². The van der Waals surface area contributed by atoms with Gasteiger partial charge in [-0.05, 0) is 0 Å². The van der Waals surface area contributed by atoms with Crippen LogP contribution in [0.15, 0.2) is 0 Å². The standard InChI is InChI=1S/C4Cl2F6Se2/c5-1(3(7,8)9)13-2(6,14-1)4(10,11)12. The Balaban J connectivity index is 2.76. The van der Waals surface area contributed by atoms with Crippen molar-refractivity contribution >= 4 is 53.1 Å². The zero-order valence-electron chi connectivity index (χ0n) is 5.84. The fourth-order valence-electron chi connectivity index (χ4n) is 0.577. The molecule has 0 spiro atoms. The topological polar surface area (TPSA) is 0 Å². The van der Waals surface area contributed by atoms with E-state index in [0.29, 0.717) is 0 Å². The van der Waals surface area contributed by atoms with Crippen LogP contribution in [0, 0.1) is 0 Å². The molecule has 0 saturated carbocycles. The van der Waals surface area contributed by atoms with E-state index >= 15 is 0 Å². The summed E-state index contributed by atoms with van der Waals surface area (Å²) in [6, 6.07) is 0. The van der Waals surface area contributed by atoms with Crippen LogP contribution in [0.3, 0.4) is 0 Å². The van der Waals surface area contributed by atoms with E-state index in [9.17, 15) is 26.3 Å². The maximum absolute atomic E-state index is 12.1. The average Bonchev–Trinajstić information content (AvgIpc) is 1.78. The molecule has 0 nitrogen and oxygen atoms in total. The van der Waals surface area contributed by atoms with Gasteiger partial charge in [0, 0.05) is 0 Å². The van der Waals surface area contributed by atoms with E-state index in [4.69, 9.17) is 23.2 Å². The van der Waals surface area contributed by atoms with Gasteiger partial charge in [0.15, 0.2) is 0 Å². The van der Waals surface area contributed by atoms with Crippen molar-refractivity contribution < 1.29 is 26.3 Å². The van der Waals surface area contributed by atoms with Gasteiger partial charge in [-0.3, -0.25) is 0 Å². The molecule has 1 fully saturated rings. The molecular weight excluding hydrogens is 391 g/mol. The van der Waals surface area contributed by atoms with Crippen molar-refractivity contribution in [2.24, 2.45) is 0 Å². The van der Waals surface area contributed by atoms with Crippen LogP contribution in [0.4, 0.5) is 26.3 Å². The van der Waals surface area contributed by atoms with Gasteiger partial charge < -0.3 is 0 Å². The molecule has 1 aliphatic heterocycles. The van der Waals surface area contributed by atoms with Crippen LogP contribution in [0.25, 0.3) is 0 Å². The predicted octanol–water partition coefficient (Wildman–Crippen LogP) is 2.32. The average molecular weight is 391 g/mol. The molecule has 0 bridgehead atoms. The van der Waals surface area contributed by atoms with E-state index in [1.54, 1.807) is 0 Å². The summed E-state index contributed by atoms with van der Waals surface area (Å²) in [4.78, 5) is 0. The molecular formula is C4Cl2F6Se2. The van der Waals surface area contributed by atoms with Crippen molar-refractivity contribution in [3.05, 3.63) is 0 Å². The maximum atomic E-state index is 12.1. The first-order chi connectivity index (χ1) is 5.91. The summed E-state index contributed by atoms with van der Waals surface area (Å²) in [7, 11) is 0. The normalized spacial score (nSPS) is 39.4. The van der Waals surface area contributed by atoms with Crippen LogP contribution in [-0.2, 0) is 0 Å². The van der Waals surface area contributed by atoms with Crippen molar-refractivity contribution in [3.8, 4) is 0 Å². The van der Waals surface area contributed by atoms with E-state index in [2.05, 4.69) is 0 Å². The SMILES string of the molecule is FC(F)(F)C1(Cl)[Se]C(Cl)(C(F)(F)F)[Se]1. The van der Waals surface area contributed by atoms with E-state index in [1.807, 2.05) is 0 Å². The van der Waals surface area contributed by atoms with Gasteiger partial charge in [-0.1, -0.05) is 0 Å². The number of hydrogen-bond donors (Lipinski definition) is 0. The van der Waals surface area contributed by atoms with Gasteiger partial charge in [-0.25, -0.2) is 0 Å². The molecule has 1 heterocycles. The molecule has 0 aliphatic carbocycles. The molecule has 0 unspecified atom stereocenters. The first kappa shape index (κ1) is 13.3. The van der Waals surface area contributed by atoms with E-state index < -0.39 is 47.6 Å². The Labute approximate surface area is 97.0 Å². The Bertz CT molecular complexity index is 217. The molecule has 10 heteroatoms. The van der Waals surface area contributed by atoms with Gasteiger partial charge in [-0.15, -0.1) is 0 Å². The van der Waals surface area contributed by atoms with Gasteiger partial charge in [-0.2, -0.15) is 0 Å². The molecule has 0 aromatic carbocycles. The first-order valence-electron chi connectivity index (χ1n) is 2.83. The van der Waals surface area contributed by atoms with E-state index in [0.717, 1.165) is 0 Å². The van der Waals surface area contributed by atoms with E-state index in [-0.39, 0.29) is 0 Å². The Kier molecular flexibility index (Phi) is 3.17. The zero-order valence-corrected chi connectivity index (χ0v) is 10.8. The monoisotopic (exact) mass is 392 g/mol. The van der Waals surface area contributed by atoms with Crippen LogP contribution < -0.4 is 0 Å². The summed E-state index contributed by atoms with van der Waals surface area (Å²) in [5.74, 6) is 0. The zero-order chi connectivity index (χ0) is 11.4. The molecule has 0 N–H and O–H groups in total. The van der Waals surface area contributed by atoms with Gasteiger partial charge in [0.2, 0.25) is 0 Å². The van der Waals surface area contributed by atoms with Gasteiger partial charge in [0.25, 0.3) is 0 Å². The Morgan fingerprint density at radius 1 is 0.714 bits per heavy atom. The summed E-state index contributed by atoms with van der Waals surface area (Å²) in [5, 5.41) is 0. The van der Waals surface area contributed by atoms with Crippen molar-refractivity contribution in [1.29, 1.82) is 0 Å². The van der Waals surface area contributed by atoms with Crippen LogP contribution in [0.5, 0.6) is 0 Å². The summed E-state index contributed by atoms with van der Waals surface area (Å²) >= 11 is 6.21. The van der Waals surface area contributed by atoms with Crippen LogP contribution in [-0.4, -0.2) is 47.6 Å². The molecule has 84 valence electrons. The quantitative estimate of drug-likeness (QED) is 0.338. The number of hydrogen-bond acceptors (Lipinski definition) is 0. The van der Waals surface area contributed by atoms with Gasteiger partial charge >= 0.3 is 97.2 Å². The van der Waals surface area contributed by atoms with Crippen molar-refractivity contribution in [2.75, 3.05) is 0 Å². The van der Waals surface area contributed by atoms with Crippen molar-refractivity contribution in [3.63, 3.8) is 0 Å². The van der Waals surface area contributed by atoms with Gasteiger partial charge in [0.05, 0.1) is 0 Å². The second kappa shape index (κ2) is 3.34. The minimum atomic E-state index is -4.81. The second-order valence-electron chi connectivity index (χ2n) is 2.27. The fraction of sp³-hybridized carbons (Fsp3) is 1.00. The third-order valence-corrected chi connectivity index (χ3v) is 11.0. The molecule has 1 rings (SSSR count). The summed E-state index contributed by atoms with van der Waals surface area (Å²) in [5.41, 5.74) is 0. The molecule has 0 aromatic rings. The molecule has 1 saturated heterocycles. The van der Waals surface area contributed by atoms with Crippen molar-refractivity contribution in [1.82, 2.24) is 0 Å². The summed E-state index contributed by atoms with van der Waals surface area (Å²) in [6.07, 6.45) is -9.61. The predicted molar refractivity (Wildman–Crippen MR) is 40.8 cm³/mol.